The molecule has 3 rings (SSSR count). The Kier molecular flexibility index (Phi) is 1.75. The van der Waals surface area contributed by atoms with Crippen molar-refractivity contribution in [2.45, 2.75) is 38.1 Å². The highest BCUT2D eigenvalue weighted by Crippen LogP contribution is 2.55. The van der Waals surface area contributed by atoms with Gasteiger partial charge in [0.05, 0.1) is 0 Å². The Balaban J connectivity index is 1.84. The van der Waals surface area contributed by atoms with E-state index in [9.17, 15) is 4.39 Å². The van der Waals surface area contributed by atoms with Gasteiger partial charge in [0, 0.05) is 11.1 Å². The van der Waals surface area contributed by atoms with Crippen molar-refractivity contribution in [2.24, 2.45) is 5.92 Å². The molecule has 0 unspecified atom stereocenters. The van der Waals surface area contributed by atoms with E-state index >= 15 is 0 Å². The van der Waals surface area contributed by atoms with Gasteiger partial charge in [0.2, 0.25) is 5.95 Å². The lowest BCUT2D eigenvalue weighted by molar-refractivity contribution is 0.566. The summed E-state index contributed by atoms with van der Waals surface area (Å²) in [6.45, 7) is 1.72. The van der Waals surface area contributed by atoms with Gasteiger partial charge in [-0.3, -0.25) is 0 Å². The Morgan fingerprint density at radius 1 is 1.40 bits per heavy atom. The Bertz CT molecular complexity index is 397. The number of hydrogen-bond acceptors (Lipinski definition) is 3. The zero-order chi connectivity index (χ0) is 10.5. The van der Waals surface area contributed by atoms with Crippen LogP contribution in [0, 0.1) is 18.8 Å². The van der Waals surface area contributed by atoms with Crippen LogP contribution in [0.1, 0.15) is 31.2 Å². The molecular weight excluding hydrogens is 193 g/mol. The lowest BCUT2D eigenvalue weighted by Crippen LogP contribution is -2.25. The van der Waals surface area contributed by atoms with Gasteiger partial charge in [-0.1, -0.05) is 0 Å². The average molecular weight is 207 g/mol. The first-order chi connectivity index (χ1) is 7.21. The molecule has 0 amide bonds. The molecule has 0 bridgehead atoms. The van der Waals surface area contributed by atoms with Crippen LogP contribution in [0.25, 0.3) is 0 Å². The molecule has 2 aliphatic carbocycles. The molecule has 0 aromatic carbocycles. The second kappa shape index (κ2) is 2.90. The third kappa shape index (κ3) is 1.48. The maximum Gasteiger partial charge on any atom is 0.220 e. The van der Waals surface area contributed by atoms with Gasteiger partial charge in [0.15, 0.2) is 0 Å². The van der Waals surface area contributed by atoms with Crippen LogP contribution in [-0.4, -0.2) is 15.5 Å². The van der Waals surface area contributed by atoms with Crippen molar-refractivity contribution < 1.29 is 4.39 Å². The number of halogens is 1. The van der Waals surface area contributed by atoms with Crippen molar-refractivity contribution in [3.05, 3.63) is 17.8 Å². The first-order valence-electron chi connectivity index (χ1n) is 5.46. The van der Waals surface area contributed by atoms with Crippen LogP contribution in [0.3, 0.4) is 0 Å². The standard InChI is InChI=1S/C11H14FN3/c1-7-9(12)13-6-14-10(7)15-11(4-5-11)8-2-3-8/h6,8H,2-5H2,1H3,(H,13,14,15). The van der Waals surface area contributed by atoms with Gasteiger partial charge in [-0.2, -0.15) is 4.39 Å². The van der Waals surface area contributed by atoms with Gasteiger partial charge in [-0.25, -0.2) is 9.97 Å². The molecule has 80 valence electrons. The van der Waals surface area contributed by atoms with Gasteiger partial charge < -0.3 is 5.32 Å². The number of aromatic nitrogens is 2. The SMILES string of the molecule is Cc1c(F)ncnc1NC1(C2CC2)CC1. The van der Waals surface area contributed by atoms with Crippen molar-refractivity contribution in [1.82, 2.24) is 9.97 Å². The molecule has 1 aromatic heterocycles. The predicted molar refractivity (Wildman–Crippen MR) is 55.0 cm³/mol. The smallest absolute Gasteiger partial charge is 0.220 e. The highest BCUT2D eigenvalue weighted by atomic mass is 19.1. The van der Waals surface area contributed by atoms with Crippen molar-refractivity contribution in [1.29, 1.82) is 0 Å². The van der Waals surface area contributed by atoms with Gasteiger partial charge in [0.25, 0.3) is 0 Å². The molecule has 2 saturated carbocycles. The second-order valence-corrected chi connectivity index (χ2v) is 4.69. The molecule has 0 aliphatic heterocycles. The fourth-order valence-corrected chi connectivity index (χ4v) is 2.20. The van der Waals surface area contributed by atoms with E-state index in [1.54, 1.807) is 6.92 Å². The molecule has 0 spiro atoms. The Morgan fingerprint density at radius 3 is 2.73 bits per heavy atom. The van der Waals surface area contributed by atoms with Gasteiger partial charge in [-0.05, 0) is 38.5 Å². The summed E-state index contributed by atoms with van der Waals surface area (Å²) in [5.41, 5.74) is 0.773. The molecule has 0 saturated heterocycles. The Labute approximate surface area is 88.1 Å². The molecule has 0 atom stereocenters. The van der Waals surface area contributed by atoms with E-state index in [4.69, 9.17) is 0 Å². The number of nitrogens with one attached hydrogen (secondary N) is 1. The largest absolute Gasteiger partial charge is 0.364 e. The van der Waals surface area contributed by atoms with Crippen molar-refractivity contribution >= 4 is 5.82 Å². The van der Waals surface area contributed by atoms with E-state index in [1.165, 1.54) is 32.0 Å². The number of nitrogens with zero attached hydrogens (tertiary/aromatic N) is 2. The first-order valence-corrected chi connectivity index (χ1v) is 5.46. The molecular formula is C11H14FN3. The van der Waals surface area contributed by atoms with Gasteiger partial charge >= 0.3 is 0 Å². The maximum absolute atomic E-state index is 13.2. The zero-order valence-corrected chi connectivity index (χ0v) is 8.76. The molecule has 0 radical (unpaired) electrons. The maximum atomic E-state index is 13.2. The average Bonchev–Trinajstić information content (AvgIpc) is 3.04. The van der Waals surface area contributed by atoms with E-state index in [0.29, 0.717) is 11.4 Å². The normalized spacial score (nSPS) is 22.5. The summed E-state index contributed by atoms with van der Waals surface area (Å²) in [4.78, 5) is 7.64. The first kappa shape index (κ1) is 9.07. The van der Waals surface area contributed by atoms with Crippen LogP contribution in [0.5, 0.6) is 0 Å². The van der Waals surface area contributed by atoms with E-state index in [0.717, 1.165) is 5.92 Å². The van der Waals surface area contributed by atoms with Gasteiger partial charge in [-0.15, -0.1) is 0 Å². The van der Waals surface area contributed by atoms with E-state index in [-0.39, 0.29) is 5.54 Å². The summed E-state index contributed by atoms with van der Waals surface area (Å²) in [6.07, 6.45) is 6.29. The molecule has 2 fully saturated rings. The molecule has 3 nitrogen and oxygen atoms in total. The quantitative estimate of drug-likeness (QED) is 0.773. The summed E-state index contributed by atoms with van der Waals surface area (Å²) < 4.78 is 13.2. The third-order valence-corrected chi connectivity index (χ3v) is 3.54. The molecule has 1 heterocycles. The minimum absolute atomic E-state index is 0.242. The number of rotatable bonds is 3. The predicted octanol–water partition coefficient (Wildman–Crippen LogP) is 2.28. The van der Waals surface area contributed by atoms with Crippen molar-refractivity contribution in [3.63, 3.8) is 0 Å². The summed E-state index contributed by atoms with van der Waals surface area (Å²) in [7, 11) is 0. The summed E-state index contributed by atoms with van der Waals surface area (Å²) in [5, 5.41) is 3.41. The Hall–Kier alpha value is -1.19. The second-order valence-electron chi connectivity index (χ2n) is 4.69. The van der Waals surface area contributed by atoms with E-state index in [2.05, 4.69) is 15.3 Å². The molecule has 1 N–H and O–H groups in total. The van der Waals surface area contributed by atoms with Crippen LogP contribution >= 0.6 is 0 Å². The summed E-state index contributed by atoms with van der Waals surface area (Å²) >= 11 is 0. The molecule has 1 aromatic rings. The van der Waals surface area contributed by atoms with Crippen LogP contribution in [0.2, 0.25) is 0 Å². The summed E-state index contributed by atoms with van der Waals surface area (Å²) in [5.74, 6) is 1.04. The van der Waals surface area contributed by atoms with Crippen LogP contribution in [0.15, 0.2) is 6.33 Å². The third-order valence-electron chi connectivity index (χ3n) is 3.54. The lowest BCUT2D eigenvalue weighted by Gasteiger charge is -2.18. The highest BCUT2D eigenvalue weighted by Gasteiger charge is 2.54. The Morgan fingerprint density at radius 2 is 2.13 bits per heavy atom. The zero-order valence-electron chi connectivity index (χ0n) is 8.76. The van der Waals surface area contributed by atoms with E-state index < -0.39 is 5.95 Å². The van der Waals surface area contributed by atoms with Crippen molar-refractivity contribution in [2.75, 3.05) is 5.32 Å². The molecule has 4 heteroatoms. The van der Waals surface area contributed by atoms with Crippen LogP contribution in [0.4, 0.5) is 10.2 Å². The van der Waals surface area contributed by atoms with E-state index in [1.807, 2.05) is 0 Å². The molecule has 15 heavy (non-hydrogen) atoms. The number of anilines is 1. The summed E-state index contributed by atoms with van der Waals surface area (Å²) in [6, 6.07) is 0. The monoisotopic (exact) mass is 207 g/mol. The van der Waals surface area contributed by atoms with Crippen molar-refractivity contribution in [3.8, 4) is 0 Å². The number of hydrogen-bond donors (Lipinski definition) is 1. The highest BCUT2D eigenvalue weighted by molar-refractivity contribution is 5.47. The van der Waals surface area contributed by atoms with Gasteiger partial charge in [0.1, 0.15) is 12.1 Å². The molecule has 2 aliphatic rings. The minimum Gasteiger partial charge on any atom is -0.364 e. The topological polar surface area (TPSA) is 37.8 Å². The fourth-order valence-electron chi connectivity index (χ4n) is 2.20. The minimum atomic E-state index is -0.418. The van der Waals surface area contributed by atoms with Crippen LogP contribution < -0.4 is 5.32 Å². The van der Waals surface area contributed by atoms with Crippen LogP contribution in [-0.2, 0) is 0 Å². The lowest BCUT2D eigenvalue weighted by atomic mass is 10.1. The fraction of sp³-hybridized carbons (Fsp3) is 0.636.